The summed E-state index contributed by atoms with van der Waals surface area (Å²) in [5.74, 6) is -0.434. The van der Waals surface area contributed by atoms with Gasteiger partial charge in [-0.05, 0) is 25.1 Å². The second kappa shape index (κ2) is 8.89. The number of nitrogens with zero attached hydrogens (tertiary/aromatic N) is 1. The highest BCUT2D eigenvalue weighted by molar-refractivity contribution is 5.92. The van der Waals surface area contributed by atoms with Crippen LogP contribution >= 0.6 is 0 Å². The minimum Gasteiger partial charge on any atom is -0.478 e. The molecule has 0 atom stereocenters. The number of aromatic nitrogens is 1. The van der Waals surface area contributed by atoms with Crippen LogP contribution in [0.4, 0.5) is 13.2 Å². The molecule has 1 N–H and O–H groups in total. The van der Waals surface area contributed by atoms with Gasteiger partial charge in [-0.2, -0.15) is 0 Å². The number of carbonyl (C=O) groups is 1. The summed E-state index contributed by atoms with van der Waals surface area (Å²) < 4.78 is 46.4. The van der Waals surface area contributed by atoms with Gasteiger partial charge in [-0.3, -0.25) is 4.79 Å². The average Bonchev–Trinajstić information content (AvgIpc) is 2.59. The first-order chi connectivity index (χ1) is 12.4. The lowest BCUT2D eigenvalue weighted by Gasteiger charge is -2.11. The van der Waals surface area contributed by atoms with Crippen LogP contribution in [-0.4, -0.2) is 23.9 Å². The maximum Gasteiger partial charge on any atom is 0.573 e. The van der Waals surface area contributed by atoms with E-state index < -0.39 is 12.3 Å². The zero-order valence-electron chi connectivity index (χ0n) is 13.9. The van der Waals surface area contributed by atoms with Gasteiger partial charge in [0.15, 0.2) is 0 Å². The zero-order valence-corrected chi connectivity index (χ0v) is 13.9. The van der Waals surface area contributed by atoms with Gasteiger partial charge in [0.05, 0.1) is 6.61 Å². The van der Waals surface area contributed by atoms with Crippen molar-refractivity contribution in [3.63, 3.8) is 0 Å². The standard InChI is InChI=1S/C18H17F3N2O3/c1-2-25-17-14(7-5-11-22-17)12-23-16(24)10-9-13-6-3-4-8-15(13)26-18(19,20)21/h3-11H,2,12H2,1H3,(H,23,24)/b10-9+. The highest BCUT2D eigenvalue weighted by Gasteiger charge is 2.31. The number of ether oxygens (including phenoxy) is 2. The van der Waals surface area contributed by atoms with E-state index in [2.05, 4.69) is 15.0 Å². The minimum absolute atomic E-state index is 0.136. The molecule has 1 aromatic carbocycles. The summed E-state index contributed by atoms with van der Waals surface area (Å²) in [7, 11) is 0. The summed E-state index contributed by atoms with van der Waals surface area (Å²) in [6.07, 6.45) is -0.839. The third kappa shape index (κ3) is 6.12. The van der Waals surface area contributed by atoms with E-state index >= 15 is 0 Å². The summed E-state index contributed by atoms with van der Waals surface area (Å²) in [6.45, 7) is 2.43. The molecule has 0 radical (unpaired) electrons. The number of pyridine rings is 1. The molecule has 2 rings (SSSR count). The first kappa shape index (κ1) is 19.3. The van der Waals surface area contributed by atoms with Crippen molar-refractivity contribution in [3.8, 4) is 11.6 Å². The van der Waals surface area contributed by atoms with E-state index in [0.29, 0.717) is 18.1 Å². The van der Waals surface area contributed by atoms with Crippen LogP contribution in [0, 0.1) is 0 Å². The van der Waals surface area contributed by atoms with Crippen LogP contribution in [0.15, 0.2) is 48.7 Å². The van der Waals surface area contributed by atoms with Gasteiger partial charge in [0.2, 0.25) is 11.8 Å². The summed E-state index contributed by atoms with van der Waals surface area (Å²) >= 11 is 0. The molecule has 0 aliphatic carbocycles. The van der Waals surface area contributed by atoms with Crippen LogP contribution in [-0.2, 0) is 11.3 Å². The van der Waals surface area contributed by atoms with E-state index in [4.69, 9.17) is 4.74 Å². The van der Waals surface area contributed by atoms with Crippen molar-refractivity contribution >= 4 is 12.0 Å². The van der Waals surface area contributed by atoms with Crippen LogP contribution in [0.3, 0.4) is 0 Å². The summed E-state index contributed by atoms with van der Waals surface area (Å²) in [5.41, 5.74) is 0.827. The number of halogens is 3. The average molecular weight is 366 g/mol. The van der Waals surface area contributed by atoms with Gasteiger partial charge in [-0.15, -0.1) is 13.2 Å². The monoisotopic (exact) mass is 366 g/mol. The van der Waals surface area contributed by atoms with E-state index in [9.17, 15) is 18.0 Å². The lowest BCUT2D eigenvalue weighted by molar-refractivity contribution is -0.274. The third-order valence-electron chi connectivity index (χ3n) is 3.14. The van der Waals surface area contributed by atoms with Gasteiger partial charge < -0.3 is 14.8 Å². The Morgan fingerprint density at radius 2 is 2.00 bits per heavy atom. The molecule has 0 saturated carbocycles. The number of rotatable bonds is 7. The molecular weight excluding hydrogens is 349 g/mol. The predicted molar refractivity (Wildman–Crippen MR) is 89.4 cm³/mol. The summed E-state index contributed by atoms with van der Waals surface area (Å²) in [4.78, 5) is 16.0. The second-order valence-electron chi connectivity index (χ2n) is 5.04. The Labute approximate surface area is 148 Å². The number of alkyl halides is 3. The fourth-order valence-corrected chi connectivity index (χ4v) is 2.07. The van der Waals surface area contributed by atoms with E-state index in [-0.39, 0.29) is 17.9 Å². The topological polar surface area (TPSA) is 60.5 Å². The molecule has 5 nitrogen and oxygen atoms in total. The SMILES string of the molecule is CCOc1ncccc1CNC(=O)/C=C/c1ccccc1OC(F)(F)F. The Morgan fingerprint density at radius 1 is 1.23 bits per heavy atom. The Hall–Kier alpha value is -3.03. The molecule has 0 unspecified atom stereocenters. The highest BCUT2D eigenvalue weighted by Crippen LogP contribution is 2.26. The van der Waals surface area contributed by atoms with Crippen molar-refractivity contribution in [1.29, 1.82) is 0 Å². The van der Waals surface area contributed by atoms with Gasteiger partial charge in [0.1, 0.15) is 5.75 Å². The second-order valence-corrected chi connectivity index (χ2v) is 5.04. The van der Waals surface area contributed by atoms with E-state index in [1.165, 1.54) is 24.3 Å². The van der Waals surface area contributed by atoms with Crippen molar-refractivity contribution in [1.82, 2.24) is 10.3 Å². The van der Waals surface area contributed by atoms with E-state index in [0.717, 1.165) is 6.08 Å². The Balaban J connectivity index is 2.00. The molecule has 2 aromatic rings. The minimum atomic E-state index is -4.80. The molecule has 26 heavy (non-hydrogen) atoms. The smallest absolute Gasteiger partial charge is 0.478 e. The quantitative estimate of drug-likeness (QED) is 0.759. The number of hydrogen-bond donors (Lipinski definition) is 1. The normalized spacial score (nSPS) is 11.4. The number of carbonyl (C=O) groups excluding carboxylic acids is 1. The molecule has 0 spiro atoms. The van der Waals surface area contributed by atoms with Crippen LogP contribution in [0.2, 0.25) is 0 Å². The van der Waals surface area contributed by atoms with Crippen LogP contribution < -0.4 is 14.8 Å². The van der Waals surface area contributed by atoms with Crippen molar-refractivity contribution < 1.29 is 27.4 Å². The van der Waals surface area contributed by atoms with Gasteiger partial charge >= 0.3 is 6.36 Å². The zero-order chi connectivity index (χ0) is 19.0. The van der Waals surface area contributed by atoms with Gasteiger partial charge in [0, 0.05) is 29.9 Å². The van der Waals surface area contributed by atoms with E-state index in [1.54, 1.807) is 24.4 Å². The lowest BCUT2D eigenvalue weighted by atomic mass is 10.2. The van der Waals surface area contributed by atoms with Gasteiger partial charge in [0.25, 0.3) is 0 Å². The molecule has 138 valence electrons. The fourth-order valence-electron chi connectivity index (χ4n) is 2.07. The van der Waals surface area contributed by atoms with Gasteiger partial charge in [-0.1, -0.05) is 24.3 Å². The number of para-hydroxylation sites is 1. The van der Waals surface area contributed by atoms with E-state index in [1.807, 2.05) is 6.92 Å². The summed E-state index contributed by atoms with van der Waals surface area (Å²) in [6, 6.07) is 9.02. The van der Waals surface area contributed by atoms with Crippen LogP contribution in [0.5, 0.6) is 11.6 Å². The fraction of sp³-hybridized carbons (Fsp3) is 0.222. The number of amides is 1. The predicted octanol–water partition coefficient (Wildman–Crippen LogP) is 3.71. The molecule has 0 aliphatic rings. The highest BCUT2D eigenvalue weighted by atomic mass is 19.4. The Kier molecular flexibility index (Phi) is 6.60. The maximum atomic E-state index is 12.4. The third-order valence-corrected chi connectivity index (χ3v) is 3.14. The molecule has 1 aromatic heterocycles. The van der Waals surface area contributed by atoms with Crippen molar-refractivity contribution in [3.05, 3.63) is 59.8 Å². The lowest BCUT2D eigenvalue weighted by Crippen LogP contribution is -2.21. The van der Waals surface area contributed by atoms with Gasteiger partial charge in [-0.25, -0.2) is 4.98 Å². The molecule has 0 bridgehead atoms. The Morgan fingerprint density at radius 3 is 2.73 bits per heavy atom. The molecule has 8 heteroatoms. The largest absolute Gasteiger partial charge is 0.573 e. The summed E-state index contributed by atoms with van der Waals surface area (Å²) in [5, 5.41) is 2.63. The first-order valence-corrected chi connectivity index (χ1v) is 7.76. The molecule has 1 heterocycles. The van der Waals surface area contributed by atoms with Crippen molar-refractivity contribution in [2.75, 3.05) is 6.61 Å². The van der Waals surface area contributed by atoms with Crippen LogP contribution in [0.25, 0.3) is 6.08 Å². The number of benzene rings is 1. The van der Waals surface area contributed by atoms with Crippen LogP contribution in [0.1, 0.15) is 18.1 Å². The maximum absolute atomic E-state index is 12.4. The molecule has 0 fully saturated rings. The van der Waals surface area contributed by atoms with Crippen molar-refractivity contribution in [2.45, 2.75) is 19.8 Å². The Bertz CT molecular complexity index is 776. The molecule has 0 aliphatic heterocycles. The molecule has 0 saturated heterocycles. The number of nitrogens with one attached hydrogen (secondary N) is 1. The number of hydrogen-bond acceptors (Lipinski definition) is 4. The molecule has 1 amide bonds. The molecular formula is C18H17F3N2O3. The van der Waals surface area contributed by atoms with Crippen molar-refractivity contribution in [2.24, 2.45) is 0 Å². The first-order valence-electron chi connectivity index (χ1n) is 7.76.